The van der Waals surface area contributed by atoms with Gasteiger partial charge in [-0.05, 0) is 31.3 Å². The average Bonchev–Trinajstić information content (AvgIpc) is 3.11. The molecule has 0 saturated heterocycles. The van der Waals surface area contributed by atoms with Crippen LogP contribution in [0.1, 0.15) is 0 Å². The Morgan fingerprint density at radius 3 is 0.580 bits per heavy atom. The molecule has 252 valence electrons. The number of nitrogens with zero attached hydrogens (tertiary/aromatic N) is 6. The van der Waals surface area contributed by atoms with Crippen molar-refractivity contribution in [2.75, 3.05) is 0 Å². The summed E-state index contributed by atoms with van der Waals surface area (Å²) in [6.45, 7) is 0. The van der Waals surface area contributed by atoms with Gasteiger partial charge in [-0.2, -0.15) is 37.2 Å². The zero-order chi connectivity index (χ0) is 34.5. The van der Waals surface area contributed by atoms with Crippen molar-refractivity contribution in [3.63, 3.8) is 0 Å². The van der Waals surface area contributed by atoms with Crippen molar-refractivity contribution >= 4 is 78.4 Å². The van der Waals surface area contributed by atoms with E-state index < -0.39 is 7.81 Å². The van der Waals surface area contributed by atoms with Crippen LogP contribution in [0.2, 0.25) is 0 Å². The Morgan fingerprint density at radius 2 is 0.440 bits per heavy atom. The fourth-order valence-electron chi connectivity index (χ4n) is 5.04. The first-order valence-corrected chi connectivity index (χ1v) is 16.6. The van der Waals surface area contributed by atoms with Crippen LogP contribution in [0.3, 0.4) is 0 Å². The van der Waals surface area contributed by atoms with Gasteiger partial charge in [-0.25, -0.2) is 0 Å². The fourth-order valence-corrected chi connectivity index (χ4v) is 5.04. The van der Waals surface area contributed by atoms with E-state index in [2.05, 4.69) is 105 Å². The Bertz CT molecular complexity index is 1990. The van der Waals surface area contributed by atoms with Gasteiger partial charge in [0.1, 0.15) is 0 Å². The van der Waals surface area contributed by atoms with Gasteiger partial charge in [-0.3, -0.25) is 0 Å². The van der Waals surface area contributed by atoms with Gasteiger partial charge in [-0.15, -0.1) is 34.1 Å². The van der Waals surface area contributed by atoms with Gasteiger partial charge >= 0.3 is 52.5 Å². The van der Waals surface area contributed by atoms with E-state index in [-0.39, 0.29) is 19.5 Å². The SMILES string of the molecule is C1=C[N-]c2c3c(ccc2=C1)=CC=C[N-]3.C1=C[N-]c2c3c(ccc2=C1)=CC=C[N-]3.C1=C[N-]c2c3c(ccc2=C1)=CC=C[N-]3.F[P-](F)(F)(F)(F)F.[Ru+8]. The molecule has 3 aromatic rings. The van der Waals surface area contributed by atoms with Gasteiger partial charge in [0, 0.05) is 0 Å². The summed E-state index contributed by atoms with van der Waals surface area (Å²) < 4.78 is 59.2. The molecule has 0 aromatic heterocycles. The topological polar surface area (TPSA) is 84.6 Å². The predicted octanol–water partition coefficient (Wildman–Crippen LogP) is 10.3. The molecule has 6 aliphatic rings. The molecular weight excluding hydrogens is 762 g/mol. The van der Waals surface area contributed by atoms with E-state index in [1.165, 1.54) is 0 Å². The molecule has 9 rings (SSSR count). The van der Waals surface area contributed by atoms with Crippen molar-refractivity contribution in [3.8, 4) is 0 Å². The first-order valence-electron chi connectivity index (χ1n) is 14.6. The van der Waals surface area contributed by atoms with Crippen molar-refractivity contribution < 1.29 is 44.7 Å². The number of benzene rings is 3. The van der Waals surface area contributed by atoms with Crippen molar-refractivity contribution in [1.82, 2.24) is 0 Å². The Morgan fingerprint density at radius 1 is 0.300 bits per heavy atom. The van der Waals surface area contributed by atoms with E-state index in [0.717, 1.165) is 65.4 Å². The summed E-state index contributed by atoms with van der Waals surface area (Å²) in [7, 11) is -10.7. The molecule has 0 unspecified atom stereocenters. The van der Waals surface area contributed by atoms with Crippen molar-refractivity contribution in [3.05, 3.63) is 173 Å². The third-order valence-corrected chi connectivity index (χ3v) is 7.03. The first kappa shape index (κ1) is 36.0. The largest absolute Gasteiger partial charge is 8.00 e. The molecule has 50 heavy (non-hydrogen) atoms. The molecule has 6 heterocycles. The maximum Gasteiger partial charge on any atom is 8.00 e. The second kappa shape index (κ2) is 13.9. The number of rotatable bonds is 0. The zero-order valence-electron chi connectivity index (χ0n) is 25.6. The number of halogens is 6. The summed E-state index contributed by atoms with van der Waals surface area (Å²) in [5.41, 5.74) is 5.86. The average molecular weight is 787 g/mol. The Balaban J connectivity index is 0.000000133. The van der Waals surface area contributed by atoms with E-state index in [4.69, 9.17) is 0 Å². The van der Waals surface area contributed by atoms with Gasteiger partial charge in [0.05, 0.1) is 0 Å². The molecule has 6 nitrogen and oxygen atoms in total. The molecule has 0 atom stereocenters. The fraction of sp³-hybridized carbons (Fsp3) is 0. The number of hydrogen-bond donors (Lipinski definition) is 0. The Kier molecular flexibility index (Phi) is 10.0. The van der Waals surface area contributed by atoms with E-state index in [0.29, 0.717) is 0 Å². The third kappa shape index (κ3) is 9.68. The van der Waals surface area contributed by atoms with Crippen LogP contribution >= 0.6 is 7.81 Å². The monoisotopic (exact) mass is 787 g/mol. The quantitative estimate of drug-likeness (QED) is 0.124. The molecule has 6 aliphatic heterocycles. The number of hydrogen-bond acceptors (Lipinski definition) is 0. The second-order valence-corrected chi connectivity index (χ2v) is 12.5. The van der Waals surface area contributed by atoms with Gasteiger partial charge in [-0.1, -0.05) is 109 Å². The maximum absolute atomic E-state index is 10.7. The van der Waals surface area contributed by atoms with Crippen LogP contribution in [0.25, 0.3) is 68.4 Å². The van der Waals surface area contributed by atoms with E-state index >= 15 is 0 Å². The summed E-state index contributed by atoms with van der Waals surface area (Å²) in [6, 6.07) is 12.5. The summed E-state index contributed by atoms with van der Waals surface area (Å²) in [5, 5.41) is 32.9. The molecule has 0 aliphatic carbocycles. The molecule has 0 N–H and O–H groups in total. The van der Waals surface area contributed by atoms with Gasteiger partial charge in [0.2, 0.25) is 0 Å². The van der Waals surface area contributed by atoms with Crippen LogP contribution in [-0.2, 0) is 19.5 Å². The summed E-state index contributed by atoms with van der Waals surface area (Å²) in [4.78, 5) is 0. The minimum Gasteiger partial charge on any atom is 8.00 e. The number of fused-ring (bicyclic) bond motifs is 9. The molecule has 0 radical (unpaired) electrons. The molecule has 3 aromatic carbocycles. The van der Waals surface area contributed by atoms with Crippen molar-refractivity contribution in [1.29, 1.82) is 0 Å². The molecule has 14 heteroatoms. The van der Waals surface area contributed by atoms with Crippen LogP contribution in [0.15, 0.2) is 110 Å². The Hall–Kier alpha value is -5.25. The van der Waals surface area contributed by atoms with Gasteiger partial charge < -0.3 is 31.9 Å². The molecular formula is C36H24F6N6PRu+. The molecule has 0 spiro atoms. The van der Waals surface area contributed by atoms with Crippen LogP contribution in [0.4, 0.5) is 59.3 Å². The summed E-state index contributed by atoms with van der Waals surface area (Å²) in [5.74, 6) is 0. The van der Waals surface area contributed by atoms with E-state index in [1.807, 2.05) is 36.5 Å². The first-order chi connectivity index (χ1) is 23.3. The zero-order valence-corrected chi connectivity index (χ0v) is 28.2. The summed E-state index contributed by atoms with van der Waals surface area (Å²) in [6.07, 6.45) is 34.8. The van der Waals surface area contributed by atoms with Crippen LogP contribution in [0.5, 0.6) is 0 Å². The minimum atomic E-state index is -10.7. The molecule has 0 saturated carbocycles. The van der Waals surface area contributed by atoms with E-state index in [1.54, 1.807) is 37.2 Å². The van der Waals surface area contributed by atoms with Gasteiger partial charge in [0.25, 0.3) is 0 Å². The molecule has 0 amide bonds. The van der Waals surface area contributed by atoms with Crippen molar-refractivity contribution in [2.24, 2.45) is 0 Å². The minimum absolute atomic E-state index is 0. The van der Waals surface area contributed by atoms with Gasteiger partial charge in [0.15, 0.2) is 0 Å². The standard InChI is InChI=1S/3C12H8N2.F6P.Ru/c3*1-3-9-5-6-10-4-2-8-14-12(10)11(9)13-7-1;1-7(2,3,4,5)6;/h3*1-8H;;/q3*-2;-1;+8. The third-order valence-electron chi connectivity index (χ3n) is 7.03. The predicted molar refractivity (Wildman–Crippen MR) is 190 cm³/mol. The Labute approximate surface area is 295 Å². The second-order valence-electron chi connectivity index (χ2n) is 10.6. The molecule has 0 fully saturated rings. The van der Waals surface area contributed by atoms with Crippen LogP contribution < -0.4 is 31.3 Å². The maximum atomic E-state index is 9.87. The number of allylic oxidation sites excluding steroid dienone is 6. The van der Waals surface area contributed by atoms with Crippen LogP contribution in [0, 0.1) is 0 Å². The normalized spacial score (nSPS) is 16.2. The summed E-state index contributed by atoms with van der Waals surface area (Å²) >= 11 is 0. The van der Waals surface area contributed by atoms with Crippen molar-refractivity contribution in [2.45, 2.75) is 0 Å². The van der Waals surface area contributed by atoms with E-state index in [9.17, 15) is 25.2 Å². The molecule has 0 bridgehead atoms. The van der Waals surface area contributed by atoms with Crippen LogP contribution in [-0.4, -0.2) is 0 Å². The smallest absolute Gasteiger partial charge is 8.00 e.